The van der Waals surface area contributed by atoms with E-state index in [4.69, 9.17) is 5.73 Å². The molecule has 0 bridgehead atoms. The third-order valence-electron chi connectivity index (χ3n) is 5.73. The van der Waals surface area contributed by atoms with E-state index in [2.05, 4.69) is 4.98 Å². The largest absolute Gasteiger partial charge is 0.393 e. The lowest BCUT2D eigenvalue weighted by Gasteiger charge is -2.40. The van der Waals surface area contributed by atoms with E-state index in [-0.39, 0.29) is 24.7 Å². The molecule has 1 aromatic heterocycles. The van der Waals surface area contributed by atoms with Crippen LogP contribution in [0.15, 0.2) is 23.4 Å². The average Bonchev–Trinajstić information content (AvgIpc) is 2.72. The standard InChI is InChI=1S/C17H25F3N4O6S3/c18-17(19,20)15-7-14(12-32(27,28)16-8-13(9-21)1-2-22-16)10-24(11-15)33(29,30)23-3-5-31(25,26)6-4-23/h1-2,8,14-15H,3-7,9-12,21H2. The molecule has 0 saturated carbocycles. The van der Waals surface area contributed by atoms with Gasteiger partial charge in [0.25, 0.3) is 10.2 Å². The monoisotopic (exact) mass is 534 g/mol. The number of hydrogen-bond donors (Lipinski definition) is 1. The summed E-state index contributed by atoms with van der Waals surface area (Å²) in [5.41, 5.74) is 5.98. The maximum Gasteiger partial charge on any atom is 0.393 e. The van der Waals surface area contributed by atoms with Crippen molar-refractivity contribution >= 4 is 29.9 Å². The predicted molar refractivity (Wildman–Crippen MR) is 113 cm³/mol. The maximum atomic E-state index is 13.6. The topological polar surface area (TPSA) is 148 Å². The van der Waals surface area contributed by atoms with Crippen LogP contribution < -0.4 is 5.73 Å². The van der Waals surface area contributed by atoms with Crippen molar-refractivity contribution in [2.75, 3.05) is 43.4 Å². The van der Waals surface area contributed by atoms with Crippen molar-refractivity contribution in [3.63, 3.8) is 0 Å². The number of sulfone groups is 2. The van der Waals surface area contributed by atoms with Crippen molar-refractivity contribution in [2.45, 2.75) is 24.2 Å². The van der Waals surface area contributed by atoms with Gasteiger partial charge in [0.1, 0.15) is 0 Å². The maximum absolute atomic E-state index is 13.6. The van der Waals surface area contributed by atoms with Crippen LogP contribution in [-0.4, -0.2) is 88.5 Å². The quantitative estimate of drug-likeness (QED) is 0.527. The molecule has 0 aliphatic carbocycles. The first kappa shape index (κ1) is 26.3. The zero-order valence-corrected chi connectivity index (χ0v) is 19.9. The van der Waals surface area contributed by atoms with Gasteiger partial charge in [-0.3, -0.25) is 0 Å². The molecule has 2 atom stereocenters. The minimum absolute atomic E-state index is 0.0438. The van der Waals surface area contributed by atoms with Crippen LogP contribution in [0, 0.1) is 11.8 Å². The highest BCUT2D eigenvalue weighted by molar-refractivity contribution is 7.92. The fraction of sp³-hybridized carbons (Fsp3) is 0.706. The van der Waals surface area contributed by atoms with Gasteiger partial charge in [0.05, 0.1) is 23.2 Å². The summed E-state index contributed by atoms with van der Waals surface area (Å²) in [7, 11) is -11.9. The number of halogens is 3. The molecule has 0 spiro atoms. The molecule has 3 heterocycles. The fourth-order valence-electron chi connectivity index (χ4n) is 3.94. The lowest BCUT2D eigenvalue weighted by Crippen LogP contribution is -2.56. The van der Waals surface area contributed by atoms with Crippen LogP contribution in [-0.2, 0) is 36.4 Å². The molecule has 1 aromatic rings. The van der Waals surface area contributed by atoms with E-state index in [9.17, 15) is 38.4 Å². The van der Waals surface area contributed by atoms with Gasteiger partial charge in [-0.15, -0.1) is 0 Å². The molecule has 0 radical (unpaired) electrons. The molecule has 16 heteroatoms. The van der Waals surface area contributed by atoms with Crippen molar-refractivity contribution in [3.05, 3.63) is 23.9 Å². The minimum atomic E-state index is -4.74. The molecule has 2 saturated heterocycles. The molecule has 33 heavy (non-hydrogen) atoms. The van der Waals surface area contributed by atoms with Crippen LogP contribution >= 0.6 is 0 Å². The van der Waals surface area contributed by atoms with E-state index < -0.39 is 84.7 Å². The van der Waals surface area contributed by atoms with Crippen LogP contribution in [0.4, 0.5) is 13.2 Å². The highest BCUT2D eigenvalue weighted by atomic mass is 32.2. The number of aromatic nitrogens is 1. The fourth-order valence-corrected chi connectivity index (χ4v) is 8.69. The molecule has 188 valence electrons. The SMILES string of the molecule is NCc1ccnc(S(=O)(=O)CC2CC(C(F)(F)F)CN(S(=O)(=O)N3CCS(=O)(=O)CC3)C2)c1. The van der Waals surface area contributed by atoms with Crippen molar-refractivity contribution in [1.29, 1.82) is 0 Å². The second-order valence-electron chi connectivity index (χ2n) is 8.20. The summed E-state index contributed by atoms with van der Waals surface area (Å²) in [4.78, 5) is 3.78. The number of hydrogen-bond acceptors (Lipinski definition) is 8. The molecule has 2 fully saturated rings. The van der Waals surface area contributed by atoms with E-state index in [0.29, 0.717) is 9.87 Å². The highest BCUT2D eigenvalue weighted by Crippen LogP contribution is 2.37. The van der Waals surface area contributed by atoms with Gasteiger partial charge in [-0.05, 0) is 30.0 Å². The van der Waals surface area contributed by atoms with Gasteiger partial charge in [0, 0.05) is 38.9 Å². The number of piperidine rings is 1. The molecule has 0 amide bonds. The van der Waals surface area contributed by atoms with Gasteiger partial charge in [0.2, 0.25) is 0 Å². The molecule has 10 nitrogen and oxygen atoms in total. The Hall–Kier alpha value is -1.33. The molecule has 2 aliphatic heterocycles. The van der Waals surface area contributed by atoms with Crippen molar-refractivity contribution < 1.29 is 38.4 Å². The zero-order chi connectivity index (χ0) is 24.7. The van der Waals surface area contributed by atoms with E-state index in [1.165, 1.54) is 18.3 Å². The van der Waals surface area contributed by atoms with Gasteiger partial charge in [-0.25, -0.2) is 21.8 Å². The van der Waals surface area contributed by atoms with Crippen LogP contribution in [0.1, 0.15) is 12.0 Å². The van der Waals surface area contributed by atoms with Gasteiger partial charge in [0.15, 0.2) is 24.7 Å². The predicted octanol–water partition coefficient (Wildman–Crippen LogP) is -0.210. The van der Waals surface area contributed by atoms with Crippen molar-refractivity contribution in [2.24, 2.45) is 17.6 Å². The molecule has 2 unspecified atom stereocenters. The molecule has 0 aromatic carbocycles. The molecule has 2 N–H and O–H groups in total. The number of pyridine rings is 1. The van der Waals surface area contributed by atoms with E-state index in [1.54, 1.807) is 0 Å². The number of nitrogens with two attached hydrogens (primary N) is 1. The van der Waals surface area contributed by atoms with E-state index in [0.717, 1.165) is 4.31 Å². The zero-order valence-electron chi connectivity index (χ0n) is 17.5. The Morgan fingerprint density at radius 3 is 2.30 bits per heavy atom. The van der Waals surface area contributed by atoms with Gasteiger partial charge >= 0.3 is 6.18 Å². The first-order chi connectivity index (χ1) is 15.1. The van der Waals surface area contributed by atoms with Crippen molar-refractivity contribution in [3.8, 4) is 0 Å². The van der Waals surface area contributed by atoms with E-state index >= 15 is 0 Å². The minimum Gasteiger partial charge on any atom is -0.326 e. The van der Waals surface area contributed by atoms with Gasteiger partial charge in [-0.2, -0.15) is 30.2 Å². The van der Waals surface area contributed by atoms with Gasteiger partial charge < -0.3 is 5.73 Å². The summed E-state index contributed by atoms with van der Waals surface area (Å²) >= 11 is 0. The van der Waals surface area contributed by atoms with Crippen LogP contribution in [0.3, 0.4) is 0 Å². The Kier molecular flexibility index (Phi) is 7.46. The Balaban J connectivity index is 1.85. The van der Waals surface area contributed by atoms with Crippen LogP contribution in [0.25, 0.3) is 0 Å². The smallest absolute Gasteiger partial charge is 0.326 e. The van der Waals surface area contributed by atoms with Crippen LogP contribution in [0.5, 0.6) is 0 Å². The Labute approximate surface area is 191 Å². The first-order valence-corrected chi connectivity index (χ1v) is 14.9. The summed E-state index contributed by atoms with van der Waals surface area (Å²) in [6, 6.07) is 2.74. The molecule has 2 aliphatic rings. The van der Waals surface area contributed by atoms with Crippen molar-refractivity contribution in [1.82, 2.24) is 13.6 Å². The Morgan fingerprint density at radius 2 is 1.73 bits per heavy atom. The normalized spacial score (nSPS) is 25.7. The average molecular weight is 535 g/mol. The summed E-state index contributed by atoms with van der Waals surface area (Å²) < 4.78 is 117. The Morgan fingerprint density at radius 1 is 1.09 bits per heavy atom. The third kappa shape index (κ3) is 6.22. The van der Waals surface area contributed by atoms with E-state index in [1.807, 2.05) is 0 Å². The number of rotatable bonds is 6. The molecule has 3 rings (SSSR count). The lowest BCUT2D eigenvalue weighted by molar-refractivity contribution is -0.186. The second-order valence-corrected chi connectivity index (χ2v) is 14.4. The molecular weight excluding hydrogens is 509 g/mol. The van der Waals surface area contributed by atoms with Gasteiger partial charge in [-0.1, -0.05) is 0 Å². The number of nitrogens with zero attached hydrogens (tertiary/aromatic N) is 3. The second kappa shape index (κ2) is 9.37. The summed E-state index contributed by atoms with van der Waals surface area (Å²) in [6.45, 7) is -1.98. The molecular formula is C17H25F3N4O6S3. The Bertz CT molecular complexity index is 1170. The first-order valence-electron chi connectivity index (χ1n) is 10.0. The summed E-state index contributed by atoms with van der Waals surface area (Å²) in [5.74, 6) is -4.77. The van der Waals surface area contributed by atoms with Crippen LogP contribution in [0.2, 0.25) is 0 Å². The highest BCUT2D eigenvalue weighted by Gasteiger charge is 2.49. The number of alkyl halides is 3. The summed E-state index contributed by atoms with van der Waals surface area (Å²) in [6.07, 6.45) is -4.06. The third-order valence-corrected chi connectivity index (χ3v) is 11.1. The summed E-state index contributed by atoms with van der Waals surface area (Å²) in [5, 5.41) is -0.338. The lowest BCUT2D eigenvalue weighted by atomic mass is 9.91.